The van der Waals surface area contributed by atoms with Crippen LogP contribution in [0, 0.1) is 6.92 Å². The van der Waals surface area contributed by atoms with Gasteiger partial charge in [0.2, 0.25) is 11.8 Å². The fraction of sp³-hybridized carbons (Fsp3) is 0.450. The molecule has 1 aliphatic rings. The van der Waals surface area contributed by atoms with Crippen molar-refractivity contribution in [3.05, 3.63) is 41.6 Å². The maximum Gasteiger partial charge on any atom is 0.233 e. The topological polar surface area (TPSA) is 73.8 Å². The molecule has 0 spiro atoms. The first-order valence-electron chi connectivity index (χ1n) is 9.04. The summed E-state index contributed by atoms with van der Waals surface area (Å²) in [6.07, 6.45) is 1.97. The van der Waals surface area contributed by atoms with Crippen LogP contribution in [0.4, 0.5) is 0 Å². The number of aryl methyl sites for hydroxylation is 1. The molecule has 0 atom stereocenters. The van der Waals surface area contributed by atoms with Gasteiger partial charge in [-0.05, 0) is 30.7 Å². The normalized spacial score (nSPS) is 14.7. The zero-order chi connectivity index (χ0) is 19.2. The minimum absolute atomic E-state index is 0.0622. The van der Waals surface area contributed by atoms with Crippen LogP contribution < -0.4 is 14.2 Å². The van der Waals surface area contributed by atoms with Gasteiger partial charge in [0.25, 0.3) is 0 Å². The van der Waals surface area contributed by atoms with Crippen LogP contribution in [0.1, 0.15) is 24.1 Å². The Morgan fingerprint density at radius 1 is 1.07 bits per heavy atom. The van der Waals surface area contributed by atoms with Crippen molar-refractivity contribution in [3.63, 3.8) is 0 Å². The van der Waals surface area contributed by atoms with Gasteiger partial charge in [0.15, 0.2) is 11.5 Å². The zero-order valence-electron chi connectivity index (χ0n) is 16.0. The van der Waals surface area contributed by atoms with Crippen LogP contribution in [-0.4, -0.2) is 54.4 Å². The Bertz CT molecular complexity index is 771. The van der Waals surface area contributed by atoms with Gasteiger partial charge in [-0.2, -0.15) is 5.10 Å². The average molecular weight is 371 g/mol. The number of carbonyl (C=O) groups excluding carboxylic acids is 1. The Balaban J connectivity index is 1.51. The summed E-state index contributed by atoms with van der Waals surface area (Å²) in [4.78, 5) is 14.5. The number of ether oxygens (including phenoxy) is 3. The minimum atomic E-state index is 0.0622. The number of benzene rings is 1. The van der Waals surface area contributed by atoms with Gasteiger partial charge in [-0.15, -0.1) is 5.10 Å². The highest BCUT2D eigenvalue weighted by atomic mass is 16.5. The first-order valence-corrected chi connectivity index (χ1v) is 9.04. The van der Waals surface area contributed by atoms with Crippen molar-refractivity contribution in [2.45, 2.75) is 32.3 Å². The van der Waals surface area contributed by atoms with Gasteiger partial charge >= 0.3 is 0 Å². The van der Waals surface area contributed by atoms with Crippen LogP contribution in [0.25, 0.3) is 0 Å². The lowest BCUT2D eigenvalue weighted by molar-refractivity contribution is -0.132. The summed E-state index contributed by atoms with van der Waals surface area (Å²) in [7, 11) is 3.18. The van der Waals surface area contributed by atoms with Crippen LogP contribution in [0.2, 0.25) is 0 Å². The molecule has 7 heteroatoms. The molecule has 3 rings (SSSR count). The monoisotopic (exact) mass is 371 g/mol. The molecule has 0 unspecified atom stereocenters. The Morgan fingerprint density at radius 2 is 1.81 bits per heavy atom. The average Bonchev–Trinajstić information content (AvgIpc) is 2.70. The molecule has 27 heavy (non-hydrogen) atoms. The quantitative estimate of drug-likeness (QED) is 0.776. The van der Waals surface area contributed by atoms with Crippen molar-refractivity contribution >= 4 is 5.91 Å². The molecule has 0 saturated carbocycles. The Kier molecular flexibility index (Phi) is 6.11. The number of piperidine rings is 1. The molecule has 144 valence electrons. The summed E-state index contributed by atoms with van der Waals surface area (Å²) in [5.74, 6) is 1.94. The largest absolute Gasteiger partial charge is 0.493 e. The van der Waals surface area contributed by atoms with Crippen LogP contribution in [0.15, 0.2) is 30.3 Å². The van der Waals surface area contributed by atoms with E-state index in [0.717, 1.165) is 24.1 Å². The highest BCUT2D eigenvalue weighted by molar-refractivity contribution is 5.79. The van der Waals surface area contributed by atoms with Crippen molar-refractivity contribution in [2.75, 3.05) is 27.3 Å². The molecule has 0 N–H and O–H groups in total. The first kappa shape index (κ1) is 18.9. The van der Waals surface area contributed by atoms with Crippen molar-refractivity contribution in [3.8, 4) is 17.4 Å². The second-order valence-electron chi connectivity index (χ2n) is 6.58. The molecular weight excluding hydrogens is 346 g/mol. The highest BCUT2D eigenvalue weighted by Gasteiger charge is 2.24. The maximum absolute atomic E-state index is 12.6. The molecule has 1 amide bonds. The third kappa shape index (κ3) is 4.87. The minimum Gasteiger partial charge on any atom is -0.493 e. The van der Waals surface area contributed by atoms with Gasteiger partial charge in [0, 0.05) is 32.0 Å². The Morgan fingerprint density at radius 3 is 2.44 bits per heavy atom. The van der Waals surface area contributed by atoms with Crippen molar-refractivity contribution in [2.24, 2.45) is 0 Å². The summed E-state index contributed by atoms with van der Waals surface area (Å²) in [5.41, 5.74) is 1.77. The molecule has 2 heterocycles. The molecule has 1 fully saturated rings. The van der Waals surface area contributed by atoms with Crippen molar-refractivity contribution in [1.82, 2.24) is 15.1 Å². The number of likely N-dealkylation sites (tertiary alicyclic amines) is 1. The van der Waals surface area contributed by atoms with Gasteiger partial charge in [-0.1, -0.05) is 6.07 Å². The third-order valence-corrected chi connectivity index (χ3v) is 4.66. The number of methoxy groups -OCH3 is 2. The van der Waals surface area contributed by atoms with Crippen LogP contribution >= 0.6 is 0 Å². The SMILES string of the molecule is COc1ccc(CC(=O)N2CCC(Oc3ccc(C)nn3)CC2)cc1OC. The van der Waals surface area contributed by atoms with E-state index in [1.807, 2.05) is 42.2 Å². The fourth-order valence-corrected chi connectivity index (χ4v) is 3.12. The molecule has 7 nitrogen and oxygen atoms in total. The van der Waals surface area contributed by atoms with E-state index >= 15 is 0 Å². The first-order chi connectivity index (χ1) is 13.1. The maximum atomic E-state index is 12.6. The number of nitrogens with zero attached hydrogens (tertiary/aromatic N) is 3. The van der Waals surface area contributed by atoms with E-state index < -0.39 is 0 Å². The number of hydrogen-bond donors (Lipinski definition) is 0. The van der Waals surface area contributed by atoms with Gasteiger partial charge in [-0.25, -0.2) is 0 Å². The number of aromatic nitrogens is 2. The predicted octanol–water partition coefficient (Wildman–Crippen LogP) is 2.41. The lowest BCUT2D eigenvalue weighted by Crippen LogP contribution is -2.42. The molecule has 1 aromatic carbocycles. The molecule has 0 aliphatic carbocycles. The van der Waals surface area contributed by atoms with Gasteiger partial charge in [-0.3, -0.25) is 4.79 Å². The molecule has 0 radical (unpaired) electrons. The van der Waals surface area contributed by atoms with Crippen molar-refractivity contribution in [1.29, 1.82) is 0 Å². The van der Waals surface area contributed by atoms with E-state index in [1.165, 1.54) is 0 Å². The van der Waals surface area contributed by atoms with E-state index in [-0.39, 0.29) is 12.0 Å². The molecule has 1 saturated heterocycles. The Hall–Kier alpha value is -2.83. The molecule has 1 aromatic heterocycles. The lowest BCUT2D eigenvalue weighted by Gasteiger charge is -2.32. The number of hydrogen-bond acceptors (Lipinski definition) is 6. The second kappa shape index (κ2) is 8.70. The third-order valence-electron chi connectivity index (χ3n) is 4.66. The second-order valence-corrected chi connectivity index (χ2v) is 6.58. The summed E-state index contributed by atoms with van der Waals surface area (Å²) in [6.45, 7) is 3.24. The number of carbonyl (C=O) groups is 1. The van der Waals surface area contributed by atoms with Gasteiger partial charge in [0.05, 0.1) is 26.3 Å². The Labute approximate surface area is 159 Å². The zero-order valence-corrected chi connectivity index (χ0v) is 16.0. The van der Waals surface area contributed by atoms with E-state index in [4.69, 9.17) is 14.2 Å². The van der Waals surface area contributed by atoms with E-state index in [9.17, 15) is 4.79 Å². The standard InChI is InChI=1S/C20H25N3O4/c1-14-4-7-19(22-21-14)27-16-8-10-23(11-9-16)20(24)13-15-5-6-17(25-2)18(12-15)26-3/h4-7,12,16H,8-11,13H2,1-3H3. The van der Waals surface area contributed by atoms with E-state index in [0.29, 0.717) is 36.9 Å². The summed E-state index contributed by atoms with van der Waals surface area (Å²) in [5, 5.41) is 8.04. The highest BCUT2D eigenvalue weighted by Crippen LogP contribution is 2.28. The van der Waals surface area contributed by atoms with Gasteiger partial charge < -0.3 is 19.1 Å². The summed E-state index contributed by atoms with van der Waals surface area (Å²) >= 11 is 0. The van der Waals surface area contributed by atoms with E-state index in [2.05, 4.69) is 10.2 Å². The smallest absolute Gasteiger partial charge is 0.233 e. The number of rotatable bonds is 6. The fourth-order valence-electron chi connectivity index (χ4n) is 3.12. The van der Waals surface area contributed by atoms with E-state index in [1.54, 1.807) is 14.2 Å². The number of amides is 1. The summed E-state index contributed by atoms with van der Waals surface area (Å²) in [6, 6.07) is 9.28. The summed E-state index contributed by atoms with van der Waals surface area (Å²) < 4.78 is 16.4. The lowest BCUT2D eigenvalue weighted by atomic mass is 10.1. The van der Waals surface area contributed by atoms with Crippen LogP contribution in [-0.2, 0) is 11.2 Å². The van der Waals surface area contributed by atoms with Crippen LogP contribution in [0.3, 0.4) is 0 Å². The molecule has 0 bridgehead atoms. The van der Waals surface area contributed by atoms with Gasteiger partial charge in [0.1, 0.15) is 6.10 Å². The molecule has 1 aliphatic heterocycles. The predicted molar refractivity (Wildman–Crippen MR) is 100 cm³/mol. The van der Waals surface area contributed by atoms with Crippen LogP contribution in [0.5, 0.6) is 17.4 Å². The molecular formula is C20H25N3O4. The van der Waals surface area contributed by atoms with Crippen molar-refractivity contribution < 1.29 is 19.0 Å². The molecule has 2 aromatic rings.